The van der Waals surface area contributed by atoms with Crippen LogP contribution in [0.1, 0.15) is 26.5 Å². The van der Waals surface area contributed by atoms with Gasteiger partial charge in [-0.1, -0.05) is 6.07 Å². The second-order valence-electron chi connectivity index (χ2n) is 5.37. The van der Waals surface area contributed by atoms with E-state index in [4.69, 9.17) is 0 Å². The molecular formula is C16H17N3OS. The van der Waals surface area contributed by atoms with Gasteiger partial charge in [0.05, 0.1) is 10.6 Å². The Labute approximate surface area is 127 Å². The van der Waals surface area contributed by atoms with Gasteiger partial charge in [-0.2, -0.15) is 5.10 Å². The van der Waals surface area contributed by atoms with Gasteiger partial charge in [0.15, 0.2) is 0 Å². The third-order valence-corrected chi connectivity index (χ3v) is 4.60. The minimum atomic E-state index is -0.0689. The summed E-state index contributed by atoms with van der Waals surface area (Å²) in [4.78, 5) is 14.1. The Bertz CT molecular complexity index is 790. The molecule has 0 saturated carbocycles. The maximum Gasteiger partial charge on any atom is 0.265 e. The van der Waals surface area contributed by atoms with Crippen LogP contribution in [0.15, 0.2) is 24.3 Å². The largest absolute Gasteiger partial charge is 0.321 e. The van der Waals surface area contributed by atoms with Crippen LogP contribution in [0.2, 0.25) is 0 Å². The molecule has 0 aliphatic rings. The summed E-state index contributed by atoms with van der Waals surface area (Å²) in [6.45, 7) is 6.01. The van der Waals surface area contributed by atoms with Crippen LogP contribution in [0, 0.1) is 20.8 Å². The van der Waals surface area contributed by atoms with Gasteiger partial charge in [0, 0.05) is 18.1 Å². The van der Waals surface area contributed by atoms with Crippen molar-refractivity contribution in [2.45, 2.75) is 20.8 Å². The molecule has 1 amide bonds. The summed E-state index contributed by atoms with van der Waals surface area (Å²) >= 11 is 1.47. The van der Waals surface area contributed by atoms with Gasteiger partial charge in [-0.25, -0.2) is 0 Å². The fourth-order valence-corrected chi connectivity index (χ4v) is 3.58. The molecule has 3 rings (SSSR count). The summed E-state index contributed by atoms with van der Waals surface area (Å²) in [5, 5.41) is 8.37. The molecule has 108 valence electrons. The summed E-state index contributed by atoms with van der Waals surface area (Å²) in [6.07, 6.45) is 0. The minimum absolute atomic E-state index is 0.0689. The predicted octanol–water partition coefficient (Wildman–Crippen LogP) is 3.81. The fraction of sp³-hybridized carbons (Fsp3) is 0.250. The summed E-state index contributed by atoms with van der Waals surface area (Å²) in [7, 11) is 1.90. The van der Waals surface area contributed by atoms with Gasteiger partial charge in [0.1, 0.15) is 4.83 Å². The lowest BCUT2D eigenvalue weighted by atomic mass is 10.1. The second kappa shape index (κ2) is 5.00. The number of thiophene rings is 1. The molecule has 0 bridgehead atoms. The Morgan fingerprint density at radius 2 is 1.81 bits per heavy atom. The van der Waals surface area contributed by atoms with Crippen molar-refractivity contribution in [2.75, 3.05) is 5.32 Å². The first kappa shape index (κ1) is 13.8. The van der Waals surface area contributed by atoms with E-state index in [1.54, 1.807) is 0 Å². The molecule has 1 N–H and O–H groups in total. The van der Waals surface area contributed by atoms with E-state index in [1.807, 2.05) is 50.7 Å². The van der Waals surface area contributed by atoms with Gasteiger partial charge in [-0.05, 0) is 50.1 Å². The number of carbonyl (C=O) groups is 1. The highest BCUT2D eigenvalue weighted by molar-refractivity contribution is 7.20. The minimum Gasteiger partial charge on any atom is -0.321 e. The number of aryl methyl sites for hydroxylation is 4. The lowest BCUT2D eigenvalue weighted by Crippen LogP contribution is -2.10. The van der Waals surface area contributed by atoms with Crippen LogP contribution in [0.5, 0.6) is 0 Å². The van der Waals surface area contributed by atoms with E-state index in [2.05, 4.69) is 16.5 Å². The zero-order chi connectivity index (χ0) is 15.1. The molecule has 0 unspecified atom stereocenters. The molecule has 0 fully saturated rings. The number of nitrogens with zero attached hydrogens (tertiary/aromatic N) is 2. The van der Waals surface area contributed by atoms with Crippen LogP contribution in [0.4, 0.5) is 5.69 Å². The van der Waals surface area contributed by atoms with E-state index in [-0.39, 0.29) is 5.91 Å². The number of fused-ring (bicyclic) bond motifs is 1. The monoisotopic (exact) mass is 299 g/mol. The number of carbonyl (C=O) groups excluding carboxylic acids is 1. The van der Waals surface area contributed by atoms with Crippen LogP contribution in [-0.4, -0.2) is 15.7 Å². The molecular weight excluding hydrogens is 282 g/mol. The molecule has 0 radical (unpaired) electrons. The third-order valence-electron chi connectivity index (χ3n) is 3.40. The molecule has 4 nitrogen and oxygen atoms in total. The maximum absolute atomic E-state index is 12.4. The molecule has 5 heteroatoms. The van der Waals surface area contributed by atoms with Crippen LogP contribution < -0.4 is 5.32 Å². The Kier molecular flexibility index (Phi) is 3.29. The summed E-state index contributed by atoms with van der Waals surface area (Å²) in [5.41, 5.74) is 4.07. The molecule has 0 spiro atoms. The molecule has 1 aromatic carbocycles. The van der Waals surface area contributed by atoms with Crippen LogP contribution >= 0.6 is 11.3 Å². The zero-order valence-corrected chi connectivity index (χ0v) is 13.3. The summed E-state index contributed by atoms with van der Waals surface area (Å²) in [5.74, 6) is -0.0689. The number of hydrogen-bond acceptors (Lipinski definition) is 3. The van der Waals surface area contributed by atoms with Gasteiger partial charge >= 0.3 is 0 Å². The molecule has 3 aromatic rings. The zero-order valence-electron chi connectivity index (χ0n) is 12.5. The van der Waals surface area contributed by atoms with E-state index in [0.717, 1.165) is 32.7 Å². The molecule has 2 aromatic heterocycles. The van der Waals surface area contributed by atoms with Gasteiger partial charge in [0.2, 0.25) is 0 Å². The first-order chi connectivity index (χ1) is 9.94. The lowest BCUT2D eigenvalue weighted by molar-refractivity contribution is 0.103. The van der Waals surface area contributed by atoms with Crippen LogP contribution in [0.25, 0.3) is 10.2 Å². The van der Waals surface area contributed by atoms with E-state index < -0.39 is 0 Å². The highest BCUT2D eigenvalue weighted by Crippen LogP contribution is 2.28. The normalized spacial score (nSPS) is 11.0. The van der Waals surface area contributed by atoms with E-state index in [0.29, 0.717) is 4.88 Å². The Morgan fingerprint density at radius 3 is 2.43 bits per heavy atom. The van der Waals surface area contributed by atoms with Gasteiger partial charge < -0.3 is 5.32 Å². The Morgan fingerprint density at radius 1 is 1.14 bits per heavy atom. The highest BCUT2D eigenvalue weighted by atomic mass is 32.1. The first-order valence-corrected chi connectivity index (χ1v) is 7.58. The van der Waals surface area contributed by atoms with Crippen molar-refractivity contribution >= 4 is 33.1 Å². The van der Waals surface area contributed by atoms with Crippen molar-refractivity contribution in [1.82, 2.24) is 9.78 Å². The Balaban J connectivity index is 1.91. The molecule has 2 heterocycles. The molecule has 21 heavy (non-hydrogen) atoms. The van der Waals surface area contributed by atoms with Crippen molar-refractivity contribution in [3.8, 4) is 0 Å². The lowest BCUT2D eigenvalue weighted by Gasteiger charge is -2.06. The van der Waals surface area contributed by atoms with Gasteiger partial charge in [-0.3, -0.25) is 9.48 Å². The number of benzene rings is 1. The molecule has 0 saturated heterocycles. The summed E-state index contributed by atoms with van der Waals surface area (Å²) < 4.78 is 1.82. The third kappa shape index (κ3) is 2.56. The first-order valence-electron chi connectivity index (χ1n) is 6.77. The average Bonchev–Trinajstić information content (AvgIpc) is 2.91. The van der Waals surface area contributed by atoms with Crippen molar-refractivity contribution in [3.05, 3.63) is 46.0 Å². The van der Waals surface area contributed by atoms with Crippen molar-refractivity contribution in [2.24, 2.45) is 7.05 Å². The van der Waals surface area contributed by atoms with E-state index in [9.17, 15) is 4.79 Å². The van der Waals surface area contributed by atoms with Crippen molar-refractivity contribution < 1.29 is 4.79 Å². The number of anilines is 1. The second-order valence-corrected chi connectivity index (χ2v) is 6.40. The highest BCUT2D eigenvalue weighted by Gasteiger charge is 2.15. The number of nitrogens with one attached hydrogen (secondary N) is 1. The quantitative estimate of drug-likeness (QED) is 0.782. The number of amides is 1. The molecule has 0 aliphatic carbocycles. The Hall–Kier alpha value is -2.14. The van der Waals surface area contributed by atoms with Crippen LogP contribution in [0.3, 0.4) is 0 Å². The summed E-state index contributed by atoms with van der Waals surface area (Å²) in [6, 6.07) is 7.96. The standard InChI is InChI=1S/C16H17N3OS/c1-9-5-10(2)7-12(6-9)17-15(20)14-8-13-11(3)18-19(4)16(13)21-14/h5-8H,1-4H3,(H,17,20). The number of rotatable bonds is 2. The number of aromatic nitrogens is 2. The van der Waals surface area contributed by atoms with Crippen molar-refractivity contribution in [3.63, 3.8) is 0 Å². The van der Waals surface area contributed by atoms with Crippen molar-refractivity contribution in [1.29, 1.82) is 0 Å². The smallest absolute Gasteiger partial charge is 0.265 e. The maximum atomic E-state index is 12.4. The van der Waals surface area contributed by atoms with Crippen LogP contribution in [-0.2, 0) is 7.05 Å². The predicted molar refractivity (Wildman–Crippen MR) is 87.2 cm³/mol. The van der Waals surface area contributed by atoms with Gasteiger partial charge in [-0.15, -0.1) is 11.3 Å². The molecule has 0 aliphatic heterocycles. The van der Waals surface area contributed by atoms with E-state index >= 15 is 0 Å². The fourth-order valence-electron chi connectivity index (χ4n) is 2.56. The SMILES string of the molecule is Cc1cc(C)cc(NC(=O)c2cc3c(C)nn(C)c3s2)c1. The molecule has 0 atom stereocenters. The topological polar surface area (TPSA) is 46.9 Å². The van der Waals surface area contributed by atoms with E-state index in [1.165, 1.54) is 11.3 Å². The average molecular weight is 299 g/mol. The number of hydrogen-bond donors (Lipinski definition) is 1. The van der Waals surface area contributed by atoms with Gasteiger partial charge in [0.25, 0.3) is 5.91 Å².